The largest absolute Gasteiger partial charge is 0.477 e. The van der Waals surface area contributed by atoms with E-state index < -0.39 is 18.4 Å². The third-order valence-corrected chi connectivity index (χ3v) is 18.8. The van der Waals surface area contributed by atoms with Crippen LogP contribution in [0.15, 0.2) is 12.2 Å². The summed E-state index contributed by atoms with van der Waals surface area (Å²) in [5, 5.41) is 9.77. The summed E-state index contributed by atoms with van der Waals surface area (Å²) in [5.74, 6) is -1.96. The molecule has 0 heterocycles. The summed E-state index contributed by atoms with van der Waals surface area (Å²) >= 11 is 0. The Balaban J connectivity index is 3.96. The van der Waals surface area contributed by atoms with Crippen LogP contribution in [-0.4, -0.2) is 87.4 Å². The molecule has 0 bridgehead atoms. The first kappa shape index (κ1) is 88.0. The Morgan fingerprint density at radius 2 is 0.567 bits per heavy atom. The van der Waals surface area contributed by atoms with Crippen LogP contribution < -0.4 is 0 Å². The molecule has 1 N–H and O–H groups in total. The number of quaternary nitrogens is 1. The molecule has 0 saturated carbocycles. The first-order chi connectivity index (χ1) is 44.1. The Labute approximate surface area is 561 Å². The van der Waals surface area contributed by atoms with Crippen molar-refractivity contribution in [3.63, 3.8) is 0 Å². The number of carboxylic acids is 1. The summed E-state index contributed by atoms with van der Waals surface area (Å²) in [6, 6.07) is 0. The summed E-state index contributed by atoms with van der Waals surface area (Å²) in [6.07, 6.45) is 88.1. The first-order valence-corrected chi connectivity index (χ1v) is 40.4. The van der Waals surface area contributed by atoms with E-state index in [-0.39, 0.29) is 38.2 Å². The second-order valence-corrected chi connectivity index (χ2v) is 29.1. The number of unbranched alkanes of at least 4 members (excludes halogenated alkanes) is 60. The van der Waals surface area contributed by atoms with E-state index in [0.717, 1.165) is 38.5 Å². The number of hydrogen-bond donors (Lipinski definition) is 1. The van der Waals surface area contributed by atoms with E-state index >= 15 is 0 Å². The molecule has 9 nitrogen and oxygen atoms in total. The van der Waals surface area contributed by atoms with Crippen molar-refractivity contribution >= 4 is 17.9 Å². The van der Waals surface area contributed by atoms with Gasteiger partial charge in [-0.3, -0.25) is 9.59 Å². The molecule has 2 unspecified atom stereocenters. The van der Waals surface area contributed by atoms with Gasteiger partial charge < -0.3 is 28.5 Å². The number of esters is 2. The molecule has 0 amide bonds. The maximum Gasteiger partial charge on any atom is 0.361 e. The zero-order valence-corrected chi connectivity index (χ0v) is 61.4. The molecule has 0 aromatic heterocycles. The summed E-state index contributed by atoms with van der Waals surface area (Å²) in [4.78, 5) is 37.7. The standard InChI is InChI=1S/C81H157NO8/c1-6-8-10-12-14-16-18-20-22-24-26-28-30-32-34-36-38-40-42-44-46-48-50-52-54-56-58-60-62-64-66-68-70-72-79(84)90-77(76-89-81(80(85)86)87-74-73-82(3,4)5)75-88-78(83)71-69-67-65-63-61-59-57-55-53-51-49-47-45-43-41-39-37-35-33-31-29-27-25-23-21-19-17-15-13-11-9-7-2/h24,26,77,81H,6-23,25,27-76H2,1-5H3/p+1/b26-24-. The van der Waals surface area contributed by atoms with E-state index in [9.17, 15) is 19.5 Å². The lowest BCUT2D eigenvalue weighted by Gasteiger charge is -2.25. The van der Waals surface area contributed by atoms with Crippen molar-refractivity contribution in [1.82, 2.24) is 0 Å². The van der Waals surface area contributed by atoms with Crippen molar-refractivity contribution in [2.75, 3.05) is 47.5 Å². The van der Waals surface area contributed by atoms with Gasteiger partial charge in [0.1, 0.15) is 13.2 Å². The maximum absolute atomic E-state index is 13.0. The number of carbonyl (C=O) groups excluding carboxylic acids is 2. The first-order valence-electron chi connectivity index (χ1n) is 40.4. The van der Waals surface area contributed by atoms with Crippen molar-refractivity contribution in [2.24, 2.45) is 0 Å². The van der Waals surface area contributed by atoms with Gasteiger partial charge in [0.25, 0.3) is 6.29 Å². The molecule has 0 rings (SSSR count). The average molecular weight is 1270 g/mol. The third-order valence-electron chi connectivity index (χ3n) is 18.8. The molecule has 2 atom stereocenters. The molecular weight excluding hydrogens is 1110 g/mol. The second-order valence-electron chi connectivity index (χ2n) is 29.1. The lowest BCUT2D eigenvalue weighted by molar-refractivity contribution is -0.870. The van der Waals surface area contributed by atoms with Crippen LogP contribution in [0.4, 0.5) is 0 Å². The number of ether oxygens (including phenoxy) is 4. The molecule has 534 valence electrons. The van der Waals surface area contributed by atoms with Gasteiger partial charge in [-0.25, -0.2) is 4.79 Å². The molecular formula is C81H158NO8+. The lowest BCUT2D eigenvalue weighted by Crippen LogP contribution is -2.40. The van der Waals surface area contributed by atoms with Gasteiger partial charge in [0.05, 0.1) is 34.4 Å². The van der Waals surface area contributed by atoms with Crippen LogP contribution in [0.5, 0.6) is 0 Å². The van der Waals surface area contributed by atoms with Crippen LogP contribution in [0.2, 0.25) is 0 Å². The third kappa shape index (κ3) is 73.4. The quantitative estimate of drug-likeness (QED) is 0.0211. The molecule has 0 aliphatic heterocycles. The van der Waals surface area contributed by atoms with Gasteiger partial charge in [-0.15, -0.1) is 0 Å². The smallest absolute Gasteiger partial charge is 0.361 e. The minimum atomic E-state index is -1.51. The highest BCUT2D eigenvalue weighted by Crippen LogP contribution is 2.20. The van der Waals surface area contributed by atoms with E-state index in [1.165, 1.54) is 366 Å². The van der Waals surface area contributed by atoms with E-state index in [4.69, 9.17) is 18.9 Å². The molecule has 9 heteroatoms. The van der Waals surface area contributed by atoms with Crippen LogP contribution in [0.25, 0.3) is 0 Å². The number of nitrogens with zero attached hydrogens (tertiary/aromatic N) is 1. The molecule has 0 saturated heterocycles. The highest BCUT2D eigenvalue weighted by Gasteiger charge is 2.25. The van der Waals surface area contributed by atoms with Crippen LogP contribution >= 0.6 is 0 Å². The van der Waals surface area contributed by atoms with Crippen molar-refractivity contribution in [2.45, 2.75) is 444 Å². The fourth-order valence-corrected chi connectivity index (χ4v) is 12.6. The van der Waals surface area contributed by atoms with Crippen LogP contribution in [0, 0.1) is 0 Å². The summed E-state index contributed by atoms with van der Waals surface area (Å²) in [5.41, 5.74) is 0. The summed E-state index contributed by atoms with van der Waals surface area (Å²) < 4.78 is 23.1. The van der Waals surface area contributed by atoms with Gasteiger partial charge in [-0.2, -0.15) is 0 Å². The average Bonchev–Trinajstić information content (AvgIpc) is 3.72. The normalized spacial score (nSPS) is 12.6. The molecule has 0 aliphatic rings. The highest BCUT2D eigenvalue weighted by atomic mass is 16.7. The Hall–Kier alpha value is -1.97. The van der Waals surface area contributed by atoms with E-state index in [2.05, 4.69) is 26.0 Å². The fourth-order valence-electron chi connectivity index (χ4n) is 12.6. The van der Waals surface area contributed by atoms with Crippen molar-refractivity contribution in [3.05, 3.63) is 12.2 Å². The SMILES string of the molecule is CCCCCCCCCC/C=C\CCCCCCCCCCCCCCCCCCCCCCCC(=O)OC(COC(=O)CCCCCCCCCCCCCCCCCCCCCCCCCCCCCCCCCC)COC(OCC[N+](C)(C)C)C(=O)O. The van der Waals surface area contributed by atoms with Gasteiger partial charge in [-0.1, -0.05) is 392 Å². The van der Waals surface area contributed by atoms with Gasteiger partial charge in [-0.05, 0) is 38.5 Å². The second kappa shape index (κ2) is 72.9. The van der Waals surface area contributed by atoms with Crippen LogP contribution in [0.1, 0.15) is 431 Å². The minimum Gasteiger partial charge on any atom is -0.477 e. The molecule has 0 aliphatic carbocycles. The maximum atomic E-state index is 13.0. The van der Waals surface area contributed by atoms with E-state index in [0.29, 0.717) is 17.4 Å². The molecule has 0 aromatic carbocycles. The van der Waals surface area contributed by atoms with E-state index in [1.54, 1.807) is 0 Å². The number of hydrogen-bond acceptors (Lipinski definition) is 7. The Morgan fingerprint density at radius 1 is 0.322 bits per heavy atom. The van der Waals surface area contributed by atoms with Crippen LogP contribution in [0.3, 0.4) is 0 Å². The predicted molar refractivity (Wildman–Crippen MR) is 388 cm³/mol. The molecule has 0 aromatic rings. The monoisotopic (exact) mass is 1270 g/mol. The van der Waals surface area contributed by atoms with Crippen molar-refractivity contribution in [1.29, 1.82) is 0 Å². The van der Waals surface area contributed by atoms with Gasteiger partial charge >= 0.3 is 17.9 Å². The Kier molecular flexibility index (Phi) is 71.3. The zero-order chi connectivity index (χ0) is 65.4. The van der Waals surface area contributed by atoms with E-state index in [1.807, 2.05) is 21.1 Å². The van der Waals surface area contributed by atoms with Gasteiger partial charge in [0, 0.05) is 12.8 Å². The molecule has 0 radical (unpaired) electrons. The topological polar surface area (TPSA) is 108 Å². The lowest BCUT2D eigenvalue weighted by atomic mass is 10.0. The summed E-state index contributed by atoms with van der Waals surface area (Å²) in [6.45, 7) is 4.98. The number of aliphatic carboxylic acids is 1. The van der Waals surface area contributed by atoms with Gasteiger partial charge in [0.15, 0.2) is 6.10 Å². The number of carbonyl (C=O) groups is 3. The fraction of sp³-hybridized carbons (Fsp3) is 0.938. The zero-order valence-electron chi connectivity index (χ0n) is 61.4. The predicted octanol–water partition coefficient (Wildman–Crippen LogP) is 25.5. The Bertz CT molecular complexity index is 1480. The number of allylic oxidation sites excluding steroid dienone is 2. The molecule has 0 spiro atoms. The number of likely N-dealkylation sites (N-methyl/N-ethyl adjacent to an activating group) is 1. The van der Waals surface area contributed by atoms with Crippen molar-refractivity contribution < 1.29 is 42.9 Å². The molecule has 90 heavy (non-hydrogen) atoms. The van der Waals surface area contributed by atoms with Crippen molar-refractivity contribution in [3.8, 4) is 0 Å². The highest BCUT2D eigenvalue weighted by molar-refractivity contribution is 5.71. The minimum absolute atomic E-state index is 0.173. The number of carboxylic acid groups (broad SMARTS) is 1. The Morgan fingerprint density at radius 3 is 0.822 bits per heavy atom. The molecule has 0 fully saturated rings. The summed E-state index contributed by atoms with van der Waals surface area (Å²) in [7, 11) is 6.00. The van der Waals surface area contributed by atoms with Crippen LogP contribution in [-0.2, 0) is 33.3 Å². The van der Waals surface area contributed by atoms with Gasteiger partial charge in [0.2, 0.25) is 0 Å². The number of rotatable bonds is 77.